The predicted molar refractivity (Wildman–Crippen MR) is 126 cm³/mol. The van der Waals surface area contributed by atoms with Crippen molar-refractivity contribution in [3.8, 4) is 5.75 Å². The van der Waals surface area contributed by atoms with Gasteiger partial charge >= 0.3 is 5.97 Å². The minimum absolute atomic E-state index is 0.162. The molecule has 0 aliphatic carbocycles. The maximum atomic E-state index is 12.3. The topological polar surface area (TPSA) is 48.4 Å². The molecule has 4 nitrogen and oxygen atoms in total. The van der Waals surface area contributed by atoms with E-state index in [9.17, 15) is 4.79 Å². The average molecular weight is 426 g/mol. The Labute approximate surface area is 182 Å². The summed E-state index contributed by atoms with van der Waals surface area (Å²) in [4.78, 5) is 16.4. The molecule has 1 aromatic carbocycles. The lowest BCUT2D eigenvalue weighted by molar-refractivity contribution is -0.134. The molecule has 0 N–H and O–H groups in total. The van der Waals surface area contributed by atoms with E-state index < -0.39 is 8.32 Å². The zero-order valence-electron chi connectivity index (χ0n) is 18.9. The molecule has 0 bridgehead atoms. The van der Waals surface area contributed by atoms with Gasteiger partial charge in [0.25, 0.3) is 0 Å². The number of rotatable bonds is 10. The van der Waals surface area contributed by atoms with Crippen LogP contribution in [0.15, 0.2) is 60.9 Å². The van der Waals surface area contributed by atoms with E-state index in [-0.39, 0.29) is 16.9 Å². The van der Waals surface area contributed by atoms with Crippen LogP contribution in [-0.4, -0.2) is 25.9 Å². The third-order valence-electron chi connectivity index (χ3n) is 5.68. The van der Waals surface area contributed by atoms with Crippen molar-refractivity contribution < 1.29 is 14.0 Å². The summed E-state index contributed by atoms with van der Waals surface area (Å²) in [7, 11) is -1.84. The predicted octanol–water partition coefficient (Wildman–Crippen LogP) is 6.51. The Bertz CT molecular complexity index is 798. The fourth-order valence-corrected chi connectivity index (χ4v) is 3.76. The van der Waals surface area contributed by atoms with Crippen LogP contribution in [0.25, 0.3) is 6.08 Å². The standard InChI is InChI=1S/C25H35NO3Si/c1-25(2,3)30(4,5)28-20-22(12-9-11-21-13-10-18-26-19-21)16-17-24(27)29-23-14-7-6-8-15-23/h6-11,13-15,18-19,22H,12,16-17,20H2,1-5H3. The van der Waals surface area contributed by atoms with Crippen LogP contribution in [0.4, 0.5) is 0 Å². The molecule has 2 rings (SSSR count). The summed E-state index contributed by atoms with van der Waals surface area (Å²) in [6, 6.07) is 13.2. The van der Waals surface area contributed by atoms with Gasteiger partial charge in [0.05, 0.1) is 0 Å². The van der Waals surface area contributed by atoms with Crippen LogP contribution < -0.4 is 4.74 Å². The zero-order valence-corrected chi connectivity index (χ0v) is 19.9. The van der Waals surface area contributed by atoms with Gasteiger partial charge in [0, 0.05) is 25.4 Å². The van der Waals surface area contributed by atoms with Crippen molar-refractivity contribution in [1.29, 1.82) is 0 Å². The number of ether oxygens (including phenoxy) is 1. The van der Waals surface area contributed by atoms with E-state index in [0.29, 0.717) is 18.8 Å². The van der Waals surface area contributed by atoms with Gasteiger partial charge in [-0.3, -0.25) is 9.78 Å². The number of nitrogens with zero attached hydrogens (tertiary/aromatic N) is 1. The van der Waals surface area contributed by atoms with Crippen LogP contribution in [0, 0.1) is 5.92 Å². The summed E-state index contributed by atoms with van der Waals surface area (Å²) in [5.74, 6) is 0.651. The highest BCUT2D eigenvalue weighted by molar-refractivity contribution is 6.74. The van der Waals surface area contributed by atoms with Crippen molar-refractivity contribution in [2.75, 3.05) is 6.61 Å². The molecule has 0 aliphatic rings. The van der Waals surface area contributed by atoms with Crippen molar-refractivity contribution in [3.05, 3.63) is 66.5 Å². The molecular formula is C25H35NO3Si. The van der Waals surface area contributed by atoms with Crippen LogP contribution >= 0.6 is 0 Å². The van der Waals surface area contributed by atoms with E-state index in [1.165, 1.54) is 0 Å². The molecule has 0 fully saturated rings. The second kappa shape index (κ2) is 11.2. The smallest absolute Gasteiger partial charge is 0.311 e. The number of allylic oxidation sites excluding steroid dienone is 1. The number of esters is 1. The van der Waals surface area contributed by atoms with E-state index in [1.807, 2.05) is 36.5 Å². The summed E-state index contributed by atoms with van der Waals surface area (Å²) >= 11 is 0. The van der Waals surface area contributed by atoms with E-state index in [2.05, 4.69) is 51.0 Å². The first-order valence-corrected chi connectivity index (χ1v) is 13.5. The quantitative estimate of drug-likeness (QED) is 0.247. The lowest BCUT2D eigenvalue weighted by atomic mass is 10.00. The molecular weight excluding hydrogens is 390 g/mol. The maximum Gasteiger partial charge on any atom is 0.311 e. The molecule has 5 heteroatoms. The normalized spacial score (nSPS) is 13.4. The van der Waals surface area contributed by atoms with Crippen LogP contribution in [0.5, 0.6) is 5.75 Å². The number of carbonyl (C=O) groups is 1. The van der Waals surface area contributed by atoms with Gasteiger partial charge in [0.15, 0.2) is 8.32 Å². The molecule has 1 atom stereocenters. The number of hydrogen-bond donors (Lipinski definition) is 0. The first kappa shape index (κ1) is 24.0. The Morgan fingerprint density at radius 2 is 1.87 bits per heavy atom. The molecule has 0 amide bonds. The summed E-state index contributed by atoms with van der Waals surface area (Å²) in [5.41, 5.74) is 1.07. The van der Waals surface area contributed by atoms with Gasteiger partial charge in [-0.1, -0.05) is 57.2 Å². The summed E-state index contributed by atoms with van der Waals surface area (Å²) in [5, 5.41) is 0.162. The molecule has 1 unspecified atom stereocenters. The first-order valence-electron chi connectivity index (χ1n) is 10.6. The van der Waals surface area contributed by atoms with Crippen LogP contribution in [-0.2, 0) is 9.22 Å². The molecule has 2 aromatic rings. The van der Waals surface area contributed by atoms with Crippen LogP contribution in [0.2, 0.25) is 18.1 Å². The molecule has 30 heavy (non-hydrogen) atoms. The highest BCUT2D eigenvalue weighted by atomic mass is 28.4. The molecule has 0 saturated carbocycles. The molecule has 1 heterocycles. The summed E-state index contributed by atoms with van der Waals surface area (Å²) in [6.07, 6.45) is 9.80. The Kier molecular flexibility index (Phi) is 9.00. The van der Waals surface area contributed by atoms with Gasteiger partial charge in [-0.2, -0.15) is 0 Å². The second-order valence-corrected chi connectivity index (χ2v) is 14.0. The molecule has 0 radical (unpaired) electrons. The number of aromatic nitrogens is 1. The number of hydrogen-bond acceptors (Lipinski definition) is 4. The fourth-order valence-electron chi connectivity index (χ4n) is 2.68. The Balaban J connectivity index is 1.95. The molecule has 162 valence electrons. The average Bonchev–Trinajstić information content (AvgIpc) is 2.70. The molecule has 0 saturated heterocycles. The molecule has 1 aromatic heterocycles. The third kappa shape index (κ3) is 8.25. The number of benzene rings is 1. The van der Waals surface area contributed by atoms with Gasteiger partial charge in [-0.15, -0.1) is 0 Å². The van der Waals surface area contributed by atoms with Crippen molar-refractivity contribution in [2.24, 2.45) is 5.92 Å². The maximum absolute atomic E-state index is 12.3. The first-order chi connectivity index (χ1) is 14.2. The third-order valence-corrected chi connectivity index (χ3v) is 10.2. The van der Waals surface area contributed by atoms with Crippen molar-refractivity contribution in [2.45, 2.75) is 58.2 Å². The Morgan fingerprint density at radius 1 is 1.13 bits per heavy atom. The van der Waals surface area contributed by atoms with E-state index in [4.69, 9.17) is 9.16 Å². The lowest BCUT2D eigenvalue weighted by Crippen LogP contribution is -2.42. The van der Waals surface area contributed by atoms with Crippen LogP contribution in [0.1, 0.15) is 45.6 Å². The largest absolute Gasteiger partial charge is 0.427 e. The SMILES string of the molecule is CC(C)(C)[Si](C)(C)OCC(CC=Cc1cccnc1)CCC(=O)Oc1ccccc1. The Hall–Kier alpha value is -2.24. The van der Waals surface area contributed by atoms with Crippen molar-refractivity contribution >= 4 is 20.4 Å². The van der Waals surface area contributed by atoms with E-state index in [1.54, 1.807) is 18.3 Å². The summed E-state index contributed by atoms with van der Waals surface area (Å²) < 4.78 is 11.9. The van der Waals surface area contributed by atoms with Crippen LogP contribution in [0.3, 0.4) is 0 Å². The van der Waals surface area contributed by atoms with Gasteiger partial charge in [0.2, 0.25) is 0 Å². The number of carbonyl (C=O) groups excluding carboxylic acids is 1. The number of pyridine rings is 1. The van der Waals surface area contributed by atoms with E-state index >= 15 is 0 Å². The molecule has 0 spiro atoms. The monoisotopic (exact) mass is 425 g/mol. The number of para-hydroxylation sites is 1. The van der Waals surface area contributed by atoms with Crippen molar-refractivity contribution in [3.63, 3.8) is 0 Å². The highest BCUT2D eigenvalue weighted by Crippen LogP contribution is 2.37. The minimum atomic E-state index is -1.84. The highest BCUT2D eigenvalue weighted by Gasteiger charge is 2.37. The van der Waals surface area contributed by atoms with E-state index in [0.717, 1.165) is 18.4 Å². The lowest BCUT2D eigenvalue weighted by Gasteiger charge is -2.37. The minimum Gasteiger partial charge on any atom is -0.427 e. The van der Waals surface area contributed by atoms with Crippen molar-refractivity contribution in [1.82, 2.24) is 4.98 Å². The molecule has 0 aliphatic heterocycles. The second-order valence-electron chi connectivity index (χ2n) is 9.19. The Morgan fingerprint density at radius 3 is 2.50 bits per heavy atom. The fraction of sp³-hybridized carbons (Fsp3) is 0.440. The van der Waals surface area contributed by atoms with Gasteiger partial charge in [-0.05, 0) is 60.7 Å². The van der Waals surface area contributed by atoms with Gasteiger partial charge in [0.1, 0.15) is 5.75 Å². The summed E-state index contributed by atoms with van der Waals surface area (Å²) in [6.45, 7) is 11.9. The van der Waals surface area contributed by atoms with Gasteiger partial charge in [-0.25, -0.2) is 0 Å². The van der Waals surface area contributed by atoms with Gasteiger partial charge < -0.3 is 9.16 Å². The zero-order chi connectivity index (χ0) is 22.0.